The van der Waals surface area contributed by atoms with Crippen LogP contribution in [0.15, 0.2) is 51.6 Å². The first-order chi connectivity index (χ1) is 9.33. The Labute approximate surface area is 107 Å². The van der Waals surface area contributed by atoms with Crippen LogP contribution in [0.25, 0.3) is 11.6 Å². The van der Waals surface area contributed by atoms with Gasteiger partial charge in [0, 0.05) is 0 Å². The van der Waals surface area contributed by atoms with Gasteiger partial charge >= 0.3 is 0 Å². The zero-order valence-electron chi connectivity index (χ0n) is 9.75. The summed E-state index contributed by atoms with van der Waals surface area (Å²) in [6.07, 6.45) is 1.52. The molecule has 5 nitrogen and oxygen atoms in total. The van der Waals surface area contributed by atoms with Crippen molar-refractivity contribution in [2.24, 2.45) is 0 Å². The van der Waals surface area contributed by atoms with Gasteiger partial charge in [-0.15, -0.1) is 0 Å². The molecule has 19 heavy (non-hydrogen) atoms. The van der Waals surface area contributed by atoms with Crippen LogP contribution in [0.3, 0.4) is 0 Å². The van der Waals surface area contributed by atoms with E-state index in [2.05, 4.69) is 10.1 Å². The Morgan fingerprint density at radius 3 is 2.84 bits per heavy atom. The van der Waals surface area contributed by atoms with Crippen LogP contribution in [0.5, 0.6) is 5.75 Å². The number of hydrogen-bond donors (Lipinski definition) is 0. The number of para-hydroxylation sites is 1. The van der Waals surface area contributed by atoms with Crippen LogP contribution >= 0.6 is 0 Å². The second-order valence-electron chi connectivity index (χ2n) is 3.71. The molecule has 0 aliphatic heterocycles. The van der Waals surface area contributed by atoms with Crippen LogP contribution in [-0.4, -0.2) is 10.1 Å². The molecule has 0 saturated carbocycles. The van der Waals surface area contributed by atoms with Crippen molar-refractivity contribution >= 4 is 0 Å². The van der Waals surface area contributed by atoms with Gasteiger partial charge in [0.15, 0.2) is 23.9 Å². The molecule has 0 N–H and O–H groups in total. The van der Waals surface area contributed by atoms with E-state index in [4.69, 9.17) is 13.7 Å². The average Bonchev–Trinajstić information content (AvgIpc) is 3.09. The Morgan fingerprint density at radius 1 is 1.16 bits per heavy atom. The van der Waals surface area contributed by atoms with Crippen molar-refractivity contribution in [3.8, 4) is 17.3 Å². The van der Waals surface area contributed by atoms with Gasteiger partial charge in [-0.1, -0.05) is 17.3 Å². The quantitative estimate of drug-likeness (QED) is 0.721. The van der Waals surface area contributed by atoms with Gasteiger partial charge < -0.3 is 13.7 Å². The molecule has 3 rings (SSSR count). The van der Waals surface area contributed by atoms with Crippen molar-refractivity contribution in [1.29, 1.82) is 0 Å². The molecular weight excluding hydrogens is 251 g/mol. The summed E-state index contributed by atoms with van der Waals surface area (Å²) in [4.78, 5) is 4.08. The van der Waals surface area contributed by atoms with Crippen LogP contribution in [0, 0.1) is 5.82 Å². The monoisotopic (exact) mass is 260 g/mol. The standard InChI is InChI=1S/C13H9FN2O3/c14-9-4-1-2-5-10(9)18-8-12-15-13(16-19-12)11-6-3-7-17-11/h1-7H,8H2. The molecule has 1 aromatic carbocycles. The zero-order chi connectivity index (χ0) is 13.1. The third-order valence-electron chi connectivity index (χ3n) is 2.40. The maximum atomic E-state index is 13.3. The molecule has 0 aliphatic rings. The lowest BCUT2D eigenvalue weighted by atomic mass is 10.3. The highest BCUT2D eigenvalue weighted by Crippen LogP contribution is 2.19. The maximum Gasteiger partial charge on any atom is 0.264 e. The van der Waals surface area contributed by atoms with E-state index in [9.17, 15) is 4.39 Å². The molecule has 0 radical (unpaired) electrons. The summed E-state index contributed by atoms with van der Waals surface area (Å²) in [5.74, 6) is 0.779. The first-order valence-electron chi connectivity index (χ1n) is 5.57. The summed E-state index contributed by atoms with van der Waals surface area (Å²) in [6.45, 7) is -0.00532. The van der Waals surface area contributed by atoms with Crippen LogP contribution in [0.1, 0.15) is 5.89 Å². The fraction of sp³-hybridized carbons (Fsp3) is 0.0769. The van der Waals surface area contributed by atoms with E-state index >= 15 is 0 Å². The van der Waals surface area contributed by atoms with Crippen LogP contribution in [-0.2, 0) is 6.61 Å². The van der Waals surface area contributed by atoms with Crippen molar-refractivity contribution in [3.63, 3.8) is 0 Å². The first-order valence-corrected chi connectivity index (χ1v) is 5.57. The molecule has 0 bridgehead atoms. The van der Waals surface area contributed by atoms with E-state index in [1.54, 1.807) is 24.3 Å². The minimum absolute atomic E-state index is 0.00532. The second-order valence-corrected chi connectivity index (χ2v) is 3.71. The van der Waals surface area contributed by atoms with Crippen LogP contribution < -0.4 is 4.74 Å². The number of nitrogens with zero attached hydrogens (tertiary/aromatic N) is 2. The van der Waals surface area contributed by atoms with E-state index in [1.165, 1.54) is 18.4 Å². The van der Waals surface area contributed by atoms with E-state index in [0.717, 1.165) is 0 Å². The molecule has 3 aromatic rings. The van der Waals surface area contributed by atoms with Crippen molar-refractivity contribution in [3.05, 3.63) is 54.4 Å². The van der Waals surface area contributed by atoms with Gasteiger partial charge in [0.2, 0.25) is 5.82 Å². The lowest BCUT2D eigenvalue weighted by molar-refractivity contribution is 0.234. The topological polar surface area (TPSA) is 61.3 Å². The molecule has 2 heterocycles. The van der Waals surface area contributed by atoms with Crippen LogP contribution in [0.4, 0.5) is 4.39 Å². The van der Waals surface area contributed by atoms with Crippen molar-refractivity contribution < 1.29 is 18.1 Å². The fourth-order valence-electron chi connectivity index (χ4n) is 1.52. The maximum absolute atomic E-state index is 13.3. The van der Waals surface area contributed by atoms with Gasteiger partial charge in [-0.2, -0.15) is 4.98 Å². The SMILES string of the molecule is Fc1ccccc1OCc1nc(-c2ccco2)no1. The van der Waals surface area contributed by atoms with Gasteiger partial charge in [-0.05, 0) is 24.3 Å². The van der Waals surface area contributed by atoms with Gasteiger partial charge in [-0.25, -0.2) is 4.39 Å². The first kappa shape index (κ1) is 11.5. The summed E-state index contributed by atoms with van der Waals surface area (Å²) in [5, 5.41) is 3.74. The van der Waals surface area contributed by atoms with E-state index in [1.807, 2.05) is 0 Å². The smallest absolute Gasteiger partial charge is 0.264 e. The summed E-state index contributed by atoms with van der Waals surface area (Å²) in [5.41, 5.74) is 0. The number of benzene rings is 1. The minimum Gasteiger partial charge on any atom is -0.481 e. The van der Waals surface area contributed by atoms with Crippen molar-refractivity contribution in [1.82, 2.24) is 10.1 Å². The lowest BCUT2D eigenvalue weighted by Gasteiger charge is -2.02. The molecule has 0 atom stereocenters. The number of hydrogen-bond acceptors (Lipinski definition) is 5. The third-order valence-corrected chi connectivity index (χ3v) is 2.40. The molecular formula is C13H9FN2O3. The Kier molecular flexibility index (Phi) is 2.97. The van der Waals surface area contributed by atoms with Gasteiger partial charge in [0.25, 0.3) is 5.89 Å². The fourth-order valence-corrected chi connectivity index (χ4v) is 1.52. The Balaban J connectivity index is 1.70. The third kappa shape index (κ3) is 2.47. The van der Waals surface area contributed by atoms with Gasteiger partial charge in [0.1, 0.15) is 0 Å². The van der Waals surface area contributed by atoms with Crippen LogP contribution in [0.2, 0.25) is 0 Å². The molecule has 0 saturated heterocycles. The number of rotatable bonds is 4. The Bertz CT molecular complexity index is 664. The predicted molar refractivity (Wildman–Crippen MR) is 62.7 cm³/mol. The lowest BCUT2D eigenvalue weighted by Crippen LogP contribution is -1.97. The average molecular weight is 260 g/mol. The zero-order valence-corrected chi connectivity index (χ0v) is 9.75. The van der Waals surface area contributed by atoms with E-state index < -0.39 is 5.82 Å². The van der Waals surface area contributed by atoms with E-state index in [0.29, 0.717) is 11.6 Å². The Morgan fingerprint density at radius 2 is 2.05 bits per heavy atom. The molecule has 0 aliphatic carbocycles. The largest absolute Gasteiger partial charge is 0.481 e. The molecule has 0 spiro atoms. The summed E-state index contributed by atoms with van der Waals surface area (Å²) in [6, 6.07) is 9.55. The molecule has 0 amide bonds. The van der Waals surface area contributed by atoms with E-state index in [-0.39, 0.29) is 18.2 Å². The highest BCUT2D eigenvalue weighted by atomic mass is 19.1. The Hall–Kier alpha value is -2.63. The van der Waals surface area contributed by atoms with Gasteiger partial charge in [-0.3, -0.25) is 0 Å². The van der Waals surface area contributed by atoms with Gasteiger partial charge in [0.05, 0.1) is 6.26 Å². The highest BCUT2D eigenvalue weighted by molar-refractivity contribution is 5.44. The summed E-state index contributed by atoms with van der Waals surface area (Å²) < 4.78 is 28.7. The molecule has 6 heteroatoms. The predicted octanol–water partition coefficient (Wildman–Crippen LogP) is 3.05. The van der Waals surface area contributed by atoms with Crippen molar-refractivity contribution in [2.75, 3.05) is 0 Å². The summed E-state index contributed by atoms with van der Waals surface area (Å²) >= 11 is 0. The number of halogens is 1. The normalized spacial score (nSPS) is 10.6. The molecule has 2 aromatic heterocycles. The molecule has 0 fully saturated rings. The number of ether oxygens (including phenoxy) is 1. The molecule has 96 valence electrons. The minimum atomic E-state index is -0.437. The number of furan rings is 1. The summed E-state index contributed by atoms with van der Waals surface area (Å²) in [7, 11) is 0. The highest BCUT2D eigenvalue weighted by Gasteiger charge is 2.11. The molecule has 0 unspecified atom stereocenters. The second kappa shape index (κ2) is 4.93. The number of aromatic nitrogens is 2. The van der Waals surface area contributed by atoms with Crippen molar-refractivity contribution in [2.45, 2.75) is 6.61 Å².